The minimum Gasteiger partial charge on any atom is -0.496 e. The van der Waals surface area contributed by atoms with Crippen LogP contribution in [0.2, 0.25) is 0 Å². The number of benzene rings is 1. The molecule has 0 aromatic heterocycles. The Morgan fingerprint density at radius 2 is 1.89 bits per heavy atom. The molecule has 1 aromatic rings. The largest absolute Gasteiger partial charge is 0.496 e. The number of rotatable bonds is 5. The minimum atomic E-state index is -4.37. The minimum absolute atomic E-state index is 0.176. The van der Waals surface area contributed by atoms with Gasteiger partial charge in [0.1, 0.15) is 5.75 Å². The molecule has 0 saturated carbocycles. The molecule has 3 nitrogen and oxygen atoms in total. The van der Waals surface area contributed by atoms with E-state index in [-0.39, 0.29) is 12.6 Å². The molecular formula is C13H18F3NO2. The number of ether oxygens (including phenoxy) is 2. The van der Waals surface area contributed by atoms with Gasteiger partial charge in [0.15, 0.2) is 6.10 Å². The fourth-order valence-corrected chi connectivity index (χ4v) is 1.50. The first-order valence-electron chi connectivity index (χ1n) is 5.86. The standard InChI is InChI=1S/C13H18F3NO2/c1-8(17)10-4-5-12(18-3)11(6-10)7-19-9(2)13(14,15)16/h4-6,8-9H,7,17H2,1-3H3. The van der Waals surface area contributed by atoms with Crippen molar-refractivity contribution < 1.29 is 22.6 Å². The summed E-state index contributed by atoms with van der Waals surface area (Å²) in [4.78, 5) is 0. The van der Waals surface area contributed by atoms with Crippen molar-refractivity contribution >= 4 is 0 Å². The van der Waals surface area contributed by atoms with Gasteiger partial charge in [0.25, 0.3) is 0 Å². The molecule has 0 aliphatic heterocycles. The molecular weight excluding hydrogens is 259 g/mol. The number of nitrogens with two attached hydrogens (primary N) is 1. The molecule has 19 heavy (non-hydrogen) atoms. The molecule has 2 N–H and O–H groups in total. The van der Waals surface area contributed by atoms with Crippen LogP contribution in [0.4, 0.5) is 13.2 Å². The van der Waals surface area contributed by atoms with Gasteiger partial charge in [-0.15, -0.1) is 0 Å². The van der Waals surface area contributed by atoms with Crippen LogP contribution in [-0.4, -0.2) is 19.4 Å². The van der Waals surface area contributed by atoms with Gasteiger partial charge in [-0.3, -0.25) is 0 Å². The summed E-state index contributed by atoms with van der Waals surface area (Å²) in [6, 6.07) is 4.95. The maximum Gasteiger partial charge on any atom is 0.414 e. The zero-order valence-corrected chi connectivity index (χ0v) is 11.1. The topological polar surface area (TPSA) is 44.5 Å². The quantitative estimate of drug-likeness (QED) is 0.899. The smallest absolute Gasteiger partial charge is 0.414 e. The molecule has 0 heterocycles. The van der Waals surface area contributed by atoms with E-state index in [1.807, 2.05) is 0 Å². The third-order valence-corrected chi connectivity index (χ3v) is 2.78. The lowest BCUT2D eigenvalue weighted by atomic mass is 10.1. The predicted octanol–water partition coefficient (Wildman–Crippen LogP) is 3.18. The molecule has 0 fully saturated rings. The monoisotopic (exact) mass is 277 g/mol. The van der Waals surface area contributed by atoms with Crippen LogP contribution in [0.15, 0.2) is 18.2 Å². The fourth-order valence-electron chi connectivity index (χ4n) is 1.50. The fraction of sp³-hybridized carbons (Fsp3) is 0.538. The second kappa shape index (κ2) is 6.25. The number of methoxy groups -OCH3 is 1. The van der Waals surface area contributed by atoms with E-state index in [2.05, 4.69) is 0 Å². The predicted molar refractivity (Wildman–Crippen MR) is 65.9 cm³/mol. The number of alkyl halides is 3. The van der Waals surface area contributed by atoms with E-state index >= 15 is 0 Å². The van der Waals surface area contributed by atoms with Gasteiger partial charge in [-0.1, -0.05) is 6.07 Å². The molecule has 2 unspecified atom stereocenters. The maximum absolute atomic E-state index is 12.4. The SMILES string of the molecule is COc1ccc(C(C)N)cc1COC(C)C(F)(F)F. The number of halogens is 3. The zero-order chi connectivity index (χ0) is 14.6. The van der Waals surface area contributed by atoms with Crippen molar-refractivity contribution in [2.75, 3.05) is 7.11 Å². The molecule has 0 bridgehead atoms. The molecule has 6 heteroatoms. The lowest BCUT2D eigenvalue weighted by molar-refractivity contribution is -0.217. The normalized spacial score (nSPS) is 15.1. The van der Waals surface area contributed by atoms with Crippen LogP contribution in [0.3, 0.4) is 0 Å². The summed E-state index contributed by atoms with van der Waals surface area (Å²) in [6.07, 6.45) is -6.19. The van der Waals surface area contributed by atoms with Gasteiger partial charge >= 0.3 is 6.18 Å². The average molecular weight is 277 g/mol. The first-order chi connectivity index (χ1) is 8.75. The maximum atomic E-state index is 12.4. The first kappa shape index (κ1) is 15.8. The Balaban J connectivity index is 2.84. The van der Waals surface area contributed by atoms with Gasteiger partial charge in [0.05, 0.1) is 13.7 Å². The van der Waals surface area contributed by atoms with Crippen LogP contribution < -0.4 is 10.5 Å². The Labute approximate surface area is 110 Å². The zero-order valence-electron chi connectivity index (χ0n) is 11.1. The van der Waals surface area contributed by atoms with Crippen LogP contribution in [0.5, 0.6) is 5.75 Å². The van der Waals surface area contributed by atoms with Crippen molar-refractivity contribution in [3.63, 3.8) is 0 Å². The van der Waals surface area contributed by atoms with Crippen molar-refractivity contribution in [3.05, 3.63) is 29.3 Å². The van der Waals surface area contributed by atoms with E-state index in [1.54, 1.807) is 25.1 Å². The molecule has 108 valence electrons. The Kier molecular flexibility index (Phi) is 5.20. The summed E-state index contributed by atoms with van der Waals surface area (Å²) < 4.78 is 47.0. The van der Waals surface area contributed by atoms with Crippen molar-refractivity contribution in [3.8, 4) is 5.75 Å². The van der Waals surface area contributed by atoms with Gasteiger partial charge in [0, 0.05) is 11.6 Å². The summed E-state index contributed by atoms with van der Waals surface area (Å²) in [5.74, 6) is 0.485. The summed E-state index contributed by atoms with van der Waals surface area (Å²) >= 11 is 0. The van der Waals surface area contributed by atoms with Crippen LogP contribution in [0, 0.1) is 0 Å². The molecule has 2 atom stereocenters. The highest BCUT2D eigenvalue weighted by Crippen LogP contribution is 2.27. The van der Waals surface area contributed by atoms with Crippen LogP contribution in [-0.2, 0) is 11.3 Å². The Morgan fingerprint density at radius 3 is 2.37 bits per heavy atom. The summed E-state index contributed by atoms with van der Waals surface area (Å²) in [5, 5.41) is 0. The highest BCUT2D eigenvalue weighted by atomic mass is 19.4. The van der Waals surface area contributed by atoms with Crippen molar-refractivity contribution in [1.82, 2.24) is 0 Å². The second-order valence-electron chi connectivity index (χ2n) is 4.35. The Bertz CT molecular complexity index is 419. The average Bonchev–Trinajstić information content (AvgIpc) is 2.34. The summed E-state index contributed by atoms with van der Waals surface area (Å²) in [6.45, 7) is 2.59. The van der Waals surface area contributed by atoms with Gasteiger partial charge in [-0.05, 0) is 31.5 Å². The van der Waals surface area contributed by atoms with Crippen molar-refractivity contribution in [1.29, 1.82) is 0 Å². The van der Waals surface area contributed by atoms with Crippen molar-refractivity contribution in [2.45, 2.75) is 38.8 Å². The molecule has 0 saturated heterocycles. The molecule has 1 aromatic carbocycles. The van der Waals surface area contributed by atoms with Crippen LogP contribution >= 0.6 is 0 Å². The third kappa shape index (κ3) is 4.40. The van der Waals surface area contributed by atoms with E-state index in [9.17, 15) is 13.2 Å². The van der Waals surface area contributed by atoms with E-state index in [0.29, 0.717) is 11.3 Å². The third-order valence-electron chi connectivity index (χ3n) is 2.78. The number of hydrogen-bond donors (Lipinski definition) is 1. The highest BCUT2D eigenvalue weighted by molar-refractivity contribution is 5.37. The Hall–Kier alpha value is -1.27. The number of hydrogen-bond acceptors (Lipinski definition) is 3. The van der Waals surface area contributed by atoms with Gasteiger partial charge < -0.3 is 15.2 Å². The molecule has 0 aliphatic carbocycles. The lowest BCUT2D eigenvalue weighted by Gasteiger charge is -2.18. The molecule has 0 spiro atoms. The highest BCUT2D eigenvalue weighted by Gasteiger charge is 2.36. The lowest BCUT2D eigenvalue weighted by Crippen LogP contribution is -2.28. The van der Waals surface area contributed by atoms with Crippen LogP contribution in [0.25, 0.3) is 0 Å². The van der Waals surface area contributed by atoms with E-state index in [1.165, 1.54) is 7.11 Å². The van der Waals surface area contributed by atoms with E-state index in [4.69, 9.17) is 15.2 Å². The summed E-state index contributed by atoms with van der Waals surface area (Å²) in [7, 11) is 1.46. The van der Waals surface area contributed by atoms with Gasteiger partial charge in [-0.25, -0.2) is 0 Å². The Morgan fingerprint density at radius 1 is 1.26 bits per heavy atom. The van der Waals surface area contributed by atoms with E-state index in [0.717, 1.165) is 12.5 Å². The molecule has 0 amide bonds. The summed E-state index contributed by atoms with van der Waals surface area (Å²) in [5.41, 5.74) is 7.11. The molecule has 1 rings (SSSR count). The first-order valence-corrected chi connectivity index (χ1v) is 5.86. The van der Waals surface area contributed by atoms with Gasteiger partial charge in [0.2, 0.25) is 0 Å². The van der Waals surface area contributed by atoms with Crippen molar-refractivity contribution in [2.24, 2.45) is 5.73 Å². The molecule has 0 aliphatic rings. The van der Waals surface area contributed by atoms with Gasteiger partial charge in [-0.2, -0.15) is 13.2 Å². The second-order valence-corrected chi connectivity index (χ2v) is 4.35. The van der Waals surface area contributed by atoms with E-state index < -0.39 is 12.3 Å². The van der Waals surface area contributed by atoms with Crippen LogP contribution in [0.1, 0.15) is 31.0 Å². The molecule has 0 radical (unpaired) electrons.